The lowest BCUT2D eigenvalue weighted by atomic mass is 10.0. The maximum absolute atomic E-state index is 12.6. The number of ether oxygens (including phenoxy) is 1. The van der Waals surface area contributed by atoms with Crippen molar-refractivity contribution in [2.24, 2.45) is 0 Å². The fourth-order valence-corrected chi connectivity index (χ4v) is 2.68. The van der Waals surface area contributed by atoms with Gasteiger partial charge in [-0.3, -0.25) is 0 Å². The molecule has 0 heterocycles. The van der Waals surface area contributed by atoms with Crippen LogP contribution >= 0.6 is 0 Å². The summed E-state index contributed by atoms with van der Waals surface area (Å²) in [6.07, 6.45) is 0.850. The summed E-state index contributed by atoms with van der Waals surface area (Å²) in [6.45, 7) is 4.73. The number of urea groups is 1. The van der Waals surface area contributed by atoms with E-state index in [2.05, 4.69) is 12.2 Å². The molecular weight excluding hydrogens is 288 g/mol. The molecule has 4 heteroatoms. The smallest absolute Gasteiger partial charge is 0.322 e. The van der Waals surface area contributed by atoms with Gasteiger partial charge in [-0.1, -0.05) is 37.3 Å². The number of carbonyl (C=O) groups is 1. The van der Waals surface area contributed by atoms with Gasteiger partial charge >= 0.3 is 6.03 Å². The second kappa shape index (κ2) is 8.22. The second-order valence-corrected chi connectivity index (χ2v) is 5.28. The van der Waals surface area contributed by atoms with Crippen LogP contribution in [0.25, 0.3) is 0 Å². The number of hydrogen-bond donors (Lipinski definition) is 1. The van der Waals surface area contributed by atoms with Crippen LogP contribution in [0.4, 0.5) is 10.5 Å². The van der Waals surface area contributed by atoms with Crippen LogP contribution in [0, 0.1) is 0 Å². The minimum absolute atomic E-state index is 0.0367. The third-order valence-corrected chi connectivity index (χ3v) is 3.89. The van der Waals surface area contributed by atoms with Crippen LogP contribution in [0.1, 0.15) is 31.9 Å². The fraction of sp³-hybridized carbons (Fsp3) is 0.316. The van der Waals surface area contributed by atoms with Crippen LogP contribution in [-0.4, -0.2) is 24.6 Å². The Morgan fingerprint density at radius 2 is 1.74 bits per heavy atom. The molecule has 0 aromatic heterocycles. The first kappa shape index (κ1) is 16.9. The lowest BCUT2D eigenvalue weighted by molar-refractivity contribution is 0.190. The number of rotatable bonds is 6. The SMILES string of the molecule is CC[C@H](c1ccc(OC)cc1)N(CC)C(=O)Nc1ccccc1. The van der Waals surface area contributed by atoms with Gasteiger partial charge in [-0.2, -0.15) is 0 Å². The lowest BCUT2D eigenvalue weighted by Crippen LogP contribution is -2.37. The van der Waals surface area contributed by atoms with Gasteiger partial charge in [-0.25, -0.2) is 4.79 Å². The molecule has 0 radical (unpaired) electrons. The average Bonchev–Trinajstić information content (AvgIpc) is 2.60. The zero-order valence-corrected chi connectivity index (χ0v) is 14.0. The molecule has 2 aromatic rings. The van der Waals surface area contributed by atoms with E-state index >= 15 is 0 Å². The molecule has 1 N–H and O–H groups in total. The average molecular weight is 312 g/mol. The Bertz CT molecular complexity index is 611. The van der Waals surface area contributed by atoms with E-state index in [1.54, 1.807) is 7.11 Å². The Hall–Kier alpha value is -2.49. The van der Waals surface area contributed by atoms with E-state index < -0.39 is 0 Å². The van der Waals surface area contributed by atoms with Crippen molar-refractivity contribution in [3.63, 3.8) is 0 Å². The zero-order valence-electron chi connectivity index (χ0n) is 14.0. The van der Waals surface area contributed by atoms with Crippen LogP contribution in [0.5, 0.6) is 5.75 Å². The molecule has 2 amide bonds. The molecule has 0 aliphatic carbocycles. The first-order chi connectivity index (χ1) is 11.2. The normalized spacial score (nSPS) is 11.6. The molecule has 0 bridgehead atoms. The molecule has 2 aromatic carbocycles. The molecular formula is C19H24N2O2. The second-order valence-electron chi connectivity index (χ2n) is 5.28. The maximum Gasteiger partial charge on any atom is 0.322 e. The van der Waals surface area contributed by atoms with Crippen molar-refractivity contribution < 1.29 is 9.53 Å². The van der Waals surface area contributed by atoms with E-state index in [1.165, 1.54) is 0 Å². The largest absolute Gasteiger partial charge is 0.497 e. The van der Waals surface area contributed by atoms with Crippen molar-refractivity contribution in [1.29, 1.82) is 0 Å². The number of anilines is 1. The van der Waals surface area contributed by atoms with Crippen molar-refractivity contribution >= 4 is 11.7 Å². The minimum atomic E-state index is -0.0821. The van der Waals surface area contributed by atoms with Crippen LogP contribution in [0.3, 0.4) is 0 Å². The van der Waals surface area contributed by atoms with Crippen molar-refractivity contribution in [2.75, 3.05) is 19.0 Å². The molecule has 2 rings (SSSR count). The van der Waals surface area contributed by atoms with Gasteiger partial charge in [0.25, 0.3) is 0 Å². The number of para-hydroxylation sites is 1. The van der Waals surface area contributed by atoms with Crippen LogP contribution in [-0.2, 0) is 0 Å². The first-order valence-corrected chi connectivity index (χ1v) is 7.96. The van der Waals surface area contributed by atoms with Gasteiger partial charge < -0.3 is 15.0 Å². The third-order valence-electron chi connectivity index (χ3n) is 3.89. The molecule has 23 heavy (non-hydrogen) atoms. The van der Waals surface area contributed by atoms with Gasteiger partial charge in [0, 0.05) is 12.2 Å². The summed E-state index contributed by atoms with van der Waals surface area (Å²) in [4.78, 5) is 14.5. The number of benzene rings is 2. The molecule has 0 aliphatic heterocycles. The molecule has 0 saturated heterocycles. The lowest BCUT2D eigenvalue weighted by Gasteiger charge is -2.30. The standard InChI is InChI=1S/C19H24N2O2/c1-4-18(15-11-13-17(23-3)14-12-15)21(5-2)19(22)20-16-9-7-6-8-10-16/h6-14,18H,4-5H2,1-3H3,(H,20,22)/t18-/m1/s1. The Morgan fingerprint density at radius 3 is 2.26 bits per heavy atom. The van der Waals surface area contributed by atoms with Gasteiger partial charge in [-0.05, 0) is 43.2 Å². The van der Waals surface area contributed by atoms with E-state index in [4.69, 9.17) is 4.74 Å². The van der Waals surface area contributed by atoms with Crippen molar-refractivity contribution in [1.82, 2.24) is 4.90 Å². The monoisotopic (exact) mass is 312 g/mol. The number of amides is 2. The van der Waals surface area contributed by atoms with E-state index in [0.717, 1.165) is 23.4 Å². The zero-order chi connectivity index (χ0) is 16.7. The van der Waals surface area contributed by atoms with Crippen LogP contribution in [0.15, 0.2) is 54.6 Å². The summed E-state index contributed by atoms with van der Waals surface area (Å²) in [5.74, 6) is 0.820. The van der Waals surface area contributed by atoms with E-state index in [0.29, 0.717) is 6.54 Å². The van der Waals surface area contributed by atoms with E-state index in [1.807, 2.05) is 66.4 Å². The highest BCUT2D eigenvalue weighted by Gasteiger charge is 2.22. The molecule has 4 nitrogen and oxygen atoms in total. The predicted molar refractivity (Wildman–Crippen MR) is 93.9 cm³/mol. The van der Waals surface area contributed by atoms with Crippen molar-refractivity contribution in [3.8, 4) is 5.75 Å². The number of nitrogens with one attached hydrogen (secondary N) is 1. The summed E-state index contributed by atoms with van der Waals surface area (Å²) in [6, 6.07) is 17.4. The Kier molecular flexibility index (Phi) is 6.03. The minimum Gasteiger partial charge on any atom is -0.497 e. The summed E-state index contributed by atoms with van der Waals surface area (Å²) in [5, 5.41) is 2.96. The highest BCUT2D eigenvalue weighted by molar-refractivity contribution is 5.89. The molecule has 0 aliphatic rings. The molecule has 122 valence electrons. The third kappa shape index (κ3) is 4.25. The van der Waals surface area contributed by atoms with Gasteiger partial charge in [0.1, 0.15) is 5.75 Å². The molecule has 0 spiro atoms. The predicted octanol–water partition coefficient (Wildman–Crippen LogP) is 4.70. The molecule has 0 unspecified atom stereocenters. The number of nitrogens with zero attached hydrogens (tertiary/aromatic N) is 1. The Balaban J connectivity index is 2.16. The summed E-state index contributed by atoms with van der Waals surface area (Å²) < 4.78 is 5.20. The Morgan fingerprint density at radius 1 is 1.09 bits per heavy atom. The van der Waals surface area contributed by atoms with E-state index in [9.17, 15) is 4.79 Å². The van der Waals surface area contributed by atoms with Gasteiger partial charge in [0.05, 0.1) is 13.2 Å². The number of carbonyl (C=O) groups excluding carboxylic acids is 1. The summed E-state index contributed by atoms with van der Waals surface area (Å²) in [5.41, 5.74) is 1.92. The summed E-state index contributed by atoms with van der Waals surface area (Å²) in [7, 11) is 1.65. The van der Waals surface area contributed by atoms with Gasteiger partial charge in [-0.15, -0.1) is 0 Å². The van der Waals surface area contributed by atoms with Crippen molar-refractivity contribution in [2.45, 2.75) is 26.3 Å². The molecule has 0 saturated carbocycles. The van der Waals surface area contributed by atoms with Gasteiger partial charge in [0.2, 0.25) is 0 Å². The first-order valence-electron chi connectivity index (χ1n) is 7.96. The maximum atomic E-state index is 12.6. The topological polar surface area (TPSA) is 41.6 Å². The quantitative estimate of drug-likeness (QED) is 0.840. The highest BCUT2D eigenvalue weighted by atomic mass is 16.5. The van der Waals surface area contributed by atoms with Crippen LogP contribution < -0.4 is 10.1 Å². The Labute approximate surface area is 138 Å². The molecule has 1 atom stereocenters. The molecule has 0 fully saturated rings. The number of methoxy groups -OCH3 is 1. The summed E-state index contributed by atoms with van der Waals surface area (Å²) >= 11 is 0. The number of hydrogen-bond acceptors (Lipinski definition) is 2. The van der Waals surface area contributed by atoms with Crippen LogP contribution in [0.2, 0.25) is 0 Å². The van der Waals surface area contributed by atoms with Gasteiger partial charge in [0.15, 0.2) is 0 Å². The fourth-order valence-electron chi connectivity index (χ4n) is 2.68. The van der Waals surface area contributed by atoms with E-state index in [-0.39, 0.29) is 12.1 Å². The highest BCUT2D eigenvalue weighted by Crippen LogP contribution is 2.26. The van der Waals surface area contributed by atoms with Crippen molar-refractivity contribution in [3.05, 3.63) is 60.2 Å².